The zero-order valence-corrected chi connectivity index (χ0v) is 10.6. The standard InChI is InChI=1S/C11H11NO2S2/c1-14-8-3-5-12-9(7-8)11-10(16(2)13)4-6-15-11/h3-7H,1-2H3. The molecule has 1 unspecified atom stereocenters. The molecule has 0 N–H and O–H groups in total. The third-order valence-corrected chi connectivity index (χ3v) is 4.16. The van der Waals surface area contributed by atoms with E-state index in [-0.39, 0.29) is 0 Å². The number of nitrogens with zero attached hydrogens (tertiary/aromatic N) is 1. The van der Waals surface area contributed by atoms with E-state index in [2.05, 4.69) is 4.98 Å². The number of aromatic nitrogens is 1. The maximum atomic E-state index is 11.5. The molecule has 0 aliphatic heterocycles. The van der Waals surface area contributed by atoms with Crippen molar-refractivity contribution in [1.29, 1.82) is 0 Å². The van der Waals surface area contributed by atoms with E-state index in [9.17, 15) is 4.21 Å². The predicted molar refractivity (Wildman–Crippen MR) is 66.4 cm³/mol. The highest BCUT2D eigenvalue weighted by atomic mass is 32.2. The van der Waals surface area contributed by atoms with E-state index >= 15 is 0 Å². The van der Waals surface area contributed by atoms with Gasteiger partial charge in [-0.3, -0.25) is 9.19 Å². The first kappa shape index (κ1) is 11.3. The van der Waals surface area contributed by atoms with E-state index in [4.69, 9.17) is 4.74 Å². The smallest absolute Gasteiger partial charge is 0.122 e. The Labute approximate surface area is 101 Å². The Kier molecular flexibility index (Phi) is 3.36. The molecule has 0 fully saturated rings. The molecule has 0 amide bonds. The van der Waals surface area contributed by atoms with Crippen LogP contribution in [0.4, 0.5) is 0 Å². The summed E-state index contributed by atoms with van der Waals surface area (Å²) in [6.07, 6.45) is 3.36. The monoisotopic (exact) mass is 253 g/mol. The van der Waals surface area contributed by atoms with Gasteiger partial charge >= 0.3 is 0 Å². The molecule has 2 rings (SSSR count). The van der Waals surface area contributed by atoms with Crippen LogP contribution in [0, 0.1) is 0 Å². The molecule has 0 saturated heterocycles. The third kappa shape index (κ3) is 2.15. The summed E-state index contributed by atoms with van der Waals surface area (Å²) < 4.78 is 16.7. The molecule has 1 atom stereocenters. The molecular weight excluding hydrogens is 242 g/mol. The van der Waals surface area contributed by atoms with Crippen LogP contribution in [-0.2, 0) is 10.8 Å². The normalized spacial score (nSPS) is 12.4. The van der Waals surface area contributed by atoms with Crippen molar-refractivity contribution in [3.05, 3.63) is 29.8 Å². The molecule has 3 nitrogen and oxygen atoms in total. The van der Waals surface area contributed by atoms with Crippen LogP contribution < -0.4 is 4.74 Å². The summed E-state index contributed by atoms with van der Waals surface area (Å²) in [7, 11) is 0.629. The third-order valence-electron chi connectivity index (χ3n) is 2.14. The summed E-state index contributed by atoms with van der Waals surface area (Å²) in [6.45, 7) is 0. The Morgan fingerprint density at radius 2 is 2.25 bits per heavy atom. The first-order valence-corrected chi connectivity index (χ1v) is 7.07. The van der Waals surface area contributed by atoms with E-state index in [1.54, 1.807) is 25.6 Å². The molecule has 2 aromatic rings. The number of hydrogen-bond acceptors (Lipinski definition) is 4. The van der Waals surface area contributed by atoms with Gasteiger partial charge in [0.15, 0.2) is 0 Å². The van der Waals surface area contributed by atoms with Crippen LogP contribution in [0.25, 0.3) is 10.6 Å². The quantitative estimate of drug-likeness (QED) is 0.844. The molecule has 0 aromatic carbocycles. The topological polar surface area (TPSA) is 39.2 Å². The van der Waals surface area contributed by atoms with Crippen LogP contribution in [-0.4, -0.2) is 22.6 Å². The van der Waals surface area contributed by atoms with Crippen LogP contribution in [0.5, 0.6) is 5.75 Å². The van der Waals surface area contributed by atoms with Gasteiger partial charge in [0.05, 0.1) is 33.4 Å². The Balaban J connectivity index is 2.50. The summed E-state index contributed by atoms with van der Waals surface area (Å²) in [5.74, 6) is 0.756. The maximum absolute atomic E-state index is 11.5. The van der Waals surface area contributed by atoms with Crippen molar-refractivity contribution in [1.82, 2.24) is 4.98 Å². The first-order valence-electron chi connectivity index (χ1n) is 4.63. The number of rotatable bonds is 3. The second kappa shape index (κ2) is 4.76. The lowest BCUT2D eigenvalue weighted by Crippen LogP contribution is -1.90. The highest BCUT2D eigenvalue weighted by Gasteiger charge is 2.11. The van der Waals surface area contributed by atoms with Crippen molar-refractivity contribution in [3.63, 3.8) is 0 Å². The molecule has 16 heavy (non-hydrogen) atoms. The molecular formula is C11H11NO2S2. The van der Waals surface area contributed by atoms with Crippen LogP contribution >= 0.6 is 11.3 Å². The SMILES string of the molecule is COc1ccnc(-c2sccc2S(C)=O)c1. The molecule has 0 saturated carbocycles. The summed E-state index contributed by atoms with van der Waals surface area (Å²) >= 11 is 1.54. The lowest BCUT2D eigenvalue weighted by Gasteiger charge is -2.03. The lowest BCUT2D eigenvalue weighted by molar-refractivity contribution is 0.414. The zero-order valence-electron chi connectivity index (χ0n) is 8.97. The number of methoxy groups -OCH3 is 1. The maximum Gasteiger partial charge on any atom is 0.122 e. The number of hydrogen-bond donors (Lipinski definition) is 0. The minimum atomic E-state index is -0.989. The predicted octanol–water partition coefficient (Wildman–Crippen LogP) is 2.56. The summed E-state index contributed by atoms with van der Waals surface area (Å²) in [5.41, 5.74) is 0.805. The minimum absolute atomic E-state index is 0.756. The molecule has 0 aliphatic rings. The van der Waals surface area contributed by atoms with Gasteiger partial charge in [-0.15, -0.1) is 11.3 Å². The average molecular weight is 253 g/mol. The molecule has 84 valence electrons. The van der Waals surface area contributed by atoms with Gasteiger partial charge in [0.2, 0.25) is 0 Å². The number of ether oxygens (including phenoxy) is 1. The van der Waals surface area contributed by atoms with Crippen molar-refractivity contribution in [2.75, 3.05) is 13.4 Å². The number of thiophene rings is 1. The van der Waals surface area contributed by atoms with Crippen molar-refractivity contribution < 1.29 is 8.95 Å². The Hall–Kier alpha value is -1.20. The van der Waals surface area contributed by atoms with Crippen molar-refractivity contribution in [2.24, 2.45) is 0 Å². The van der Waals surface area contributed by atoms with Gasteiger partial charge in [0.25, 0.3) is 0 Å². The minimum Gasteiger partial charge on any atom is -0.497 e. The Morgan fingerprint density at radius 3 is 2.94 bits per heavy atom. The molecule has 0 radical (unpaired) electrons. The second-order valence-electron chi connectivity index (χ2n) is 3.15. The van der Waals surface area contributed by atoms with Crippen LogP contribution in [0.15, 0.2) is 34.7 Å². The van der Waals surface area contributed by atoms with E-state index in [0.29, 0.717) is 0 Å². The van der Waals surface area contributed by atoms with Gasteiger partial charge < -0.3 is 4.74 Å². The fraction of sp³-hybridized carbons (Fsp3) is 0.182. The summed E-state index contributed by atoms with van der Waals surface area (Å²) in [6, 6.07) is 5.51. The highest BCUT2D eigenvalue weighted by molar-refractivity contribution is 7.84. The molecule has 0 aliphatic carbocycles. The first-order chi connectivity index (χ1) is 7.72. The number of pyridine rings is 1. The molecule has 2 heterocycles. The van der Waals surface area contributed by atoms with Crippen molar-refractivity contribution in [3.8, 4) is 16.3 Å². The van der Waals surface area contributed by atoms with Crippen LogP contribution in [0.2, 0.25) is 0 Å². The van der Waals surface area contributed by atoms with E-state index < -0.39 is 10.8 Å². The van der Waals surface area contributed by atoms with Gasteiger partial charge in [-0.1, -0.05) is 0 Å². The van der Waals surface area contributed by atoms with Gasteiger partial charge in [-0.25, -0.2) is 0 Å². The molecule has 5 heteroatoms. The second-order valence-corrected chi connectivity index (χ2v) is 5.41. The van der Waals surface area contributed by atoms with E-state index in [0.717, 1.165) is 21.2 Å². The fourth-order valence-electron chi connectivity index (χ4n) is 1.37. The van der Waals surface area contributed by atoms with Gasteiger partial charge in [0.1, 0.15) is 5.75 Å². The Morgan fingerprint density at radius 1 is 1.44 bits per heavy atom. The Bertz CT molecular complexity index is 522. The van der Waals surface area contributed by atoms with Gasteiger partial charge in [0, 0.05) is 18.5 Å². The van der Waals surface area contributed by atoms with Gasteiger partial charge in [-0.05, 0) is 17.5 Å². The van der Waals surface area contributed by atoms with Crippen molar-refractivity contribution >= 4 is 22.1 Å². The van der Waals surface area contributed by atoms with Crippen LogP contribution in [0.3, 0.4) is 0 Å². The largest absolute Gasteiger partial charge is 0.497 e. The summed E-state index contributed by atoms with van der Waals surface area (Å²) in [5, 5.41) is 1.92. The zero-order chi connectivity index (χ0) is 11.5. The van der Waals surface area contributed by atoms with E-state index in [1.807, 2.05) is 17.5 Å². The lowest BCUT2D eigenvalue weighted by atomic mass is 10.3. The fourth-order valence-corrected chi connectivity index (χ4v) is 3.34. The molecule has 0 spiro atoms. The van der Waals surface area contributed by atoms with Crippen LogP contribution in [0.1, 0.15) is 0 Å². The average Bonchev–Trinajstić information content (AvgIpc) is 2.78. The van der Waals surface area contributed by atoms with Gasteiger partial charge in [-0.2, -0.15) is 0 Å². The van der Waals surface area contributed by atoms with Crippen molar-refractivity contribution in [2.45, 2.75) is 4.90 Å². The highest BCUT2D eigenvalue weighted by Crippen LogP contribution is 2.31. The van der Waals surface area contributed by atoms with E-state index in [1.165, 1.54) is 11.3 Å². The molecule has 2 aromatic heterocycles. The summed E-state index contributed by atoms with van der Waals surface area (Å²) in [4.78, 5) is 6.04. The molecule has 0 bridgehead atoms.